The van der Waals surface area contributed by atoms with E-state index < -0.39 is 0 Å². The quantitative estimate of drug-likeness (QED) is 0.285. The molecule has 0 aliphatic heterocycles. The van der Waals surface area contributed by atoms with E-state index in [1.807, 2.05) is 0 Å². The minimum absolute atomic E-state index is 0.161. The van der Waals surface area contributed by atoms with Crippen LogP contribution < -0.4 is 10.6 Å². The summed E-state index contributed by atoms with van der Waals surface area (Å²) in [6.07, 6.45) is 0. The Labute approximate surface area is 110 Å². The van der Waals surface area contributed by atoms with Gasteiger partial charge in [0.2, 0.25) is 0 Å². The highest BCUT2D eigenvalue weighted by Crippen LogP contribution is 1.87. The fraction of sp³-hybridized carbons (Fsp3) is 1.00. The Morgan fingerprint density at radius 3 is 2.39 bits per heavy atom. The van der Waals surface area contributed by atoms with Crippen molar-refractivity contribution in [1.82, 2.24) is 15.5 Å². The van der Waals surface area contributed by atoms with E-state index in [0.29, 0.717) is 26.3 Å². The Kier molecular flexibility index (Phi) is 14.6. The van der Waals surface area contributed by atoms with Gasteiger partial charge in [0.05, 0.1) is 26.4 Å². The molecule has 0 unspecified atom stereocenters. The Balaban J connectivity index is 3.39. The maximum Gasteiger partial charge on any atom is 0.0594 e. The first-order valence-electron chi connectivity index (χ1n) is 6.78. The molecule has 110 valence electrons. The van der Waals surface area contributed by atoms with Gasteiger partial charge in [-0.15, -0.1) is 0 Å². The minimum atomic E-state index is 0.161. The van der Waals surface area contributed by atoms with Crippen molar-refractivity contribution in [2.45, 2.75) is 6.92 Å². The van der Waals surface area contributed by atoms with Crippen molar-refractivity contribution in [3.8, 4) is 0 Å². The third-order valence-electron chi connectivity index (χ3n) is 2.53. The van der Waals surface area contributed by atoms with Gasteiger partial charge >= 0.3 is 0 Å². The van der Waals surface area contributed by atoms with Gasteiger partial charge in [-0.05, 0) is 6.54 Å². The molecule has 6 heteroatoms. The molecule has 0 aromatic heterocycles. The van der Waals surface area contributed by atoms with Gasteiger partial charge in [-0.2, -0.15) is 0 Å². The second-order valence-corrected chi connectivity index (χ2v) is 4.00. The molecule has 0 heterocycles. The van der Waals surface area contributed by atoms with E-state index in [0.717, 1.165) is 32.7 Å². The maximum absolute atomic E-state index is 8.96. The van der Waals surface area contributed by atoms with E-state index >= 15 is 0 Å². The number of rotatable bonds is 14. The van der Waals surface area contributed by atoms with E-state index in [1.165, 1.54) is 0 Å². The van der Waals surface area contributed by atoms with E-state index in [9.17, 15) is 0 Å². The SMILES string of the molecule is CCNCCN(CCO)CCOCCNCCO. The van der Waals surface area contributed by atoms with Gasteiger partial charge in [0.25, 0.3) is 0 Å². The summed E-state index contributed by atoms with van der Waals surface area (Å²) in [6.45, 7) is 9.50. The Hall–Kier alpha value is -0.240. The normalized spacial score (nSPS) is 11.3. The fourth-order valence-electron chi connectivity index (χ4n) is 1.53. The molecule has 0 aliphatic carbocycles. The lowest BCUT2D eigenvalue weighted by atomic mass is 10.4. The Morgan fingerprint density at radius 1 is 0.889 bits per heavy atom. The van der Waals surface area contributed by atoms with Crippen molar-refractivity contribution in [1.29, 1.82) is 0 Å². The molecular formula is C12H29N3O3. The summed E-state index contributed by atoms with van der Waals surface area (Å²) in [5.74, 6) is 0. The van der Waals surface area contributed by atoms with Crippen LogP contribution in [0.25, 0.3) is 0 Å². The van der Waals surface area contributed by atoms with Crippen molar-refractivity contribution in [2.75, 3.05) is 72.2 Å². The van der Waals surface area contributed by atoms with Gasteiger partial charge in [0.15, 0.2) is 0 Å². The fourth-order valence-corrected chi connectivity index (χ4v) is 1.53. The van der Waals surface area contributed by atoms with Crippen LogP contribution in [0.4, 0.5) is 0 Å². The first-order valence-corrected chi connectivity index (χ1v) is 6.78. The number of nitrogens with zero attached hydrogens (tertiary/aromatic N) is 1. The highest BCUT2D eigenvalue weighted by atomic mass is 16.5. The molecule has 0 aliphatic rings. The average Bonchev–Trinajstić information content (AvgIpc) is 2.38. The monoisotopic (exact) mass is 263 g/mol. The Bertz CT molecular complexity index is 162. The molecule has 0 atom stereocenters. The van der Waals surface area contributed by atoms with Crippen molar-refractivity contribution in [2.24, 2.45) is 0 Å². The molecular weight excluding hydrogens is 234 g/mol. The zero-order valence-corrected chi connectivity index (χ0v) is 11.5. The Morgan fingerprint density at radius 2 is 1.72 bits per heavy atom. The van der Waals surface area contributed by atoms with Crippen LogP contribution in [0.3, 0.4) is 0 Å². The smallest absolute Gasteiger partial charge is 0.0594 e. The second kappa shape index (κ2) is 14.8. The summed E-state index contributed by atoms with van der Waals surface area (Å²) in [5.41, 5.74) is 0. The van der Waals surface area contributed by atoms with Crippen LogP contribution in [-0.2, 0) is 4.74 Å². The highest BCUT2D eigenvalue weighted by Gasteiger charge is 2.03. The van der Waals surface area contributed by atoms with Gasteiger partial charge in [0.1, 0.15) is 0 Å². The summed E-state index contributed by atoms with van der Waals surface area (Å²) in [7, 11) is 0. The van der Waals surface area contributed by atoms with Gasteiger partial charge in [-0.25, -0.2) is 0 Å². The number of nitrogens with one attached hydrogen (secondary N) is 2. The number of likely N-dealkylation sites (N-methyl/N-ethyl adjacent to an activating group) is 1. The molecule has 0 radical (unpaired) electrons. The molecule has 0 aromatic carbocycles. The van der Waals surface area contributed by atoms with E-state index in [2.05, 4.69) is 22.5 Å². The molecule has 0 rings (SSSR count). The summed E-state index contributed by atoms with van der Waals surface area (Å²) in [6, 6.07) is 0. The molecule has 0 amide bonds. The molecule has 0 saturated heterocycles. The first-order chi connectivity index (χ1) is 8.85. The van der Waals surface area contributed by atoms with Crippen LogP contribution in [0, 0.1) is 0 Å². The molecule has 0 fully saturated rings. The van der Waals surface area contributed by atoms with E-state index in [-0.39, 0.29) is 13.2 Å². The van der Waals surface area contributed by atoms with Crippen LogP contribution in [0.2, 0.25) is 0 Å². The number of aliphatic hydroxyl groups is 2. The maximum atomic E-state index is 8.96. The molecule has 18 heavy (non-hydrogen) atoms. The molecule has 0 spiro atoms. The number of aliphatic hydroxyl groups excluding tert-OH is 2. The topological polar surface area (TPSA) is 77.0 Å². The van der Waals surface area contributed by atoms with Crippen molar-refractivity contribution in [3.05, 3.63) is 0 Å². The summed E-state index contributed by atoms with van der Waals surface area (Å²) >= 11 is 0. The molecule has 0 saturated carbocycles. The van der Waals surface area contributed by atoms with Crippen molar-refractivity contribution in [3.63, 3.8) is 0 Å². The van der Waals surface area contributed by atoms with Crippen LogP contribution in [-0.4, -0.2) is 87.4 Å². The van der Waals surface area contributed by atoms with Gasteiger partial charge in [-0.3, -0.25) is 4.90 Å². The number of ether oxygens (including phenoxy) is 1. The van der Waals surface area contributed by atoms with Crippen LogP contribution in [0.1, 0.15) is 6.92 Å². The summed E-state index contributed by atoms with van der Waals surface area (Å²) < 4.78 is 5.48. The number of hydrogen-bond acceptors (Lipinski definition) is 6. The van der Waals surface area contributed by atoms with Gasteiger partial charge in [-0.1, -0.05) is 6.92 Å². The first kappa shape index (κ1) is 17.8. The highest BCUT2D eigenvalue weighted by molar-refractivity contribution is 4.59. The van der Waals surface area contributed by atoms with Crippen LogP contribution in [0.15, 0.2) is 0 Å². The molecule has 4 N–H and O–H groups in total. The van der Waals surface area contributed by atoms with Crippen molar-refractivity contribution >= 4 is 0 Å². The van der Waals surface area contributed by atoms with E-state index in [1.54, 1.807) is 0 Å². The average molecular weight is 263 g/mol. The van der Waals surface area contributed by atoms with Crippen LogP contribution >= 0.6 is 0 Å². The summed E-state index contributed by atoms with van der Waals surface area (Å²) in [5, 5.41) is 23.8. The lowest BCUT2D eigenvalue weighted by Gasteiger charge is -2.21. The molecule has 0 bridgehead atoms. The van der Waals surface area contributed by atoms with Crippen molar-refractivity contribution < 1.29 is 14.9 Å². The largest absolute Gasteiger partial charge is 0.395 e. The van der Waals surface area contributed by atoms with E-state index in [4.69, 9.17) is 14.9 Å². The third-order valence-corrected chi connectivity index (χ3v) is 2.53. The van der Waals surface area contributed by atoms with Gasteiger partial charge in [0, 0.05) is 39.3 Å². The zero-order chi connectivity index (χ0) is 13.5. The predicted octanol–water partition coefficient (Wildman–Crippen LogP) is -1.51. The van der Waals surface area contributed by atoms with Gasteiger partial charge < -0.3 is 25.6 Å². The second-order valence-electron chi connectivity index (χ2n) is 4.00. The third kappa shape index (κ3) is 12.2. The minimum Gasteiger partial charge on any atom is -0.395 e. The zero-order valence-electron chi connectivity index (χ0n) is 11.5. The standard InChI is InChI=1S/C12H29N3O3/c1-2-13-3-6-15(7-10-17)8-12-18-11-5-14-4-9-16/h13-14,16-17H,2-12H2,1H3. The lowest BCUT2D eigenvalue weighted by Crippen LogP contribution is -2.36. The predicted molar refractivity (Wildman–Crippen MR) is 72.8 cm³/mol. The summed E-state index contributed by atoms with van der Waals surface area (Å²) in [4.78, 5) is 2.18. The lowest BCUT2D eigenvalue weighted by molar-refractivity contribution is 0.0968. The van der Waals surface area contributed by atoms with Crippen LogP contribution in [0.5, 0.6) is 0 Å². The molecule has 0 aromatic rings. The number of hydrogen-bond donors (Lipinski definition) is 4. The molecule has 6 nitrogen and oxygen atoms in total.